The van der Waals surface area contributed by atoms with Crippen molar-refractivity contribution in [2.75, 3.05) is 7.11 Å². The maximum Gasteiger partial charge on any atom is 0.328 e. The summed E-state index contributed by atoms with van der Waals surface area (Å²) in [4.78, 5) is 34.0. The van der Waals surface area contributed by atoms with Gasteiger partial charge in [-0.05, 0) is 18.8 Å². The molecule has 0 radical (unpaired) electrons. The average Bonchev–Trinajstić information content (AvgIpc) is 2.34. The zero-order valence-electron chi connectivity index (χ0n) is 12.4. The highest BCUT2D eigenvalue weighted by Gasteiger charge is 2.23. The summed E-state index contributed by atoms with van der Waals surface area (Å²) in [5, 5.41) is 13.8. The van der Waals surface area contributed by atoms with Gasteiger partial charge in [0.15, 0.2) is 0 Å². The van der Waals surface area contributed by atoms with E-state index in [1.54, 1.807) is 6.92 Å². The molecule has 2 unspecified atom stereocenters. The number of nitrogens with one attached hydrogen (secondary N) is 2. The van der Waals surface area contributed by atoms with Gasteiger partial charge in [-0.15, -0.1) is 0 Å². The molecular weight excluding hydrogens is 264 g/mol. The molecular formula is C13H24N2O5. The average molecular weight is 288 g/mol. The Morgan fingerprint density at radius 3 is 2.20 bits per heavy atom. The zero-order chi connectivity index (χ0) is 15.7. The van der Waals surface area contributed by atoms with Crippen LogP contribution in [0.25, 0.3) is 0 Å². The highest BCUT2D eigenvalue weighted by Crippen LogP contribution is 2.06. The van der Waals surface area contributed by atoms with E-state index in [1.807, 2.05) is 13.8 Å². The Labute approximate surface area is 119 Å². The van der Waals surface area contributed by atoms with Crippen LogP contribution in [0.5, 0.6) is 0 Å². The molecule has 7 heteroatoms. The van der Waals surface area contributed by atoms with E-state index in [9.17, 15) is 14.4 Å². The molecule has 0 aromatic heterocycles. The predicted octanol–water partition coefficient (Wildman–Crippen LogP) is 1.13. The number of ether oxygens (including phenoxy) is 1. The van der Waals surface area contributed by atoms with Gasteiger partial charge in [0.05, 0.1) is 13.5 Å². The predicted molar refractivity (Wildman–Crippen MR) is 73.3 cm³/mol. The summed E-state index contributed by atoms with van der Waals surface area (Å²) in [5.74, 6) is -1.29. The molecule has 116 valence electrons. The molecule has 0 saturated heterocycles. The van der Waals surface area contributed by atoms with Crippen molar-refractivity contribution in [3.05, 3.63) is 0 Å². The van der Waals surface area contributed by atoms with E-state index in [-0.39, 0.29) is 12.3 Å². The summed E-state index contributed by atoms with van der Waals surface area (Å²) in [7, 11) is 1.26. The fraction of sp³-hybridized carbons (Fsp3) is 0.769. The van der Waals surface area contributed by atoms with Crippen LogP contribution < -0.4 is 10.6 Å². The summed E-state index contributed by atoms with van der Waals surface area (Å²) in [6.45, 7) is 5.63. The van der Waals surface area contributed by atoms with Crippen molar-refractivity contribution in [1.29, 1.82) is 0 Å². The van der Waals surface area contributed by atoms with Gasteiger partial charge in [-0.2, -0.15) is 0 Å². The normalized spacial score (nSPS) is 13.4. The van der Waals surface area contributed by atoms with Crippen LogP contribution in [0.4, 0.5) is 4.79 Å². The van der Waals surface area contributed by atoms with E-state index in [0.29, 0.717) is 12.8 Å². The second-order valence-electron chi connectivity index (χ2n) is 5.03. The number of rotatable bonds is 8. The van der Waals surface area contributed by atoms with Gasteiger partial charge in [-0.25, -0.2) is 9.59 Å². The molecule has 0 bridgehead atoms. The summed E-state index contributed by atoms with van der Waals surface area (Å²) in [6, 6.07) is -1.76. The van der Waals surface area contributed by atoms with Crippen LogP contribution in [0, 0.1) is 5.92 Å². The van der Waals surface area contributed by atoms with E-state index in [2.05, 4.69) is 15.4 Å². The van der Waals surface area contributed by atoms with E-state index >= 15 is 0 Å². The van der Waals surface area contributed by atoms with Crippen molar-refractivity contribution in [1.82, 2.24) is 10.6 Å². The Bertz CT molecular complexity index is 344. The van der Waals surface area contributed by atoms with E-state index in [4.69, 9.17) is 5.11 Å². The Balaban J connectivity index is 4.50. The molecule has 0 fully saturated rings. The first-order valence-electron chi connectivity index (χ1n) is 6.66. The van der Waals surface area contributed by atoms with Crippen molar-refractivity contribution in [3.8, 4) is 0 Å². The van der Waals surface area contributed by atoms with Crippen LogP contribution in [0.15, 0.2) is 0 Å². The number of esters is 1. The van der Waals surface area contributed by atoms with Gasteiger partial charge in [0.25, 0.3) is 0 Å². The maximum absolute atomic E-state index is 11.8. The highest BCUT2D eigenvalue weighted by molar-refractivity contribution is 5.83. The van der Waals surface area contributed by atoms with Crippen molar-refractivity contribution >= 4 is 18.0 Å². The van der Waals surface area contributed by atoms with Gasteiger partial charge in [-0.3, -0.25) is 4.79 Å². The molecule has 0 heterocycles. The number of urea groups is 1. The molecule has 0 aromatic rings. The number of hydrogen-bond acceptors (Lipinski definition) is 4. The number of carbonyl (C=O) groups excluding carboxylic acids is 2. The molecule has 0 rings (SSSR count). The Morgan fingerprint density at radius 2 is 1.80 bits per heavy atom. The van der Waals surface area contributed by atoms with Crippen LogP contribution in [0.1, 0.15) is 40.0 Å². The molecule has 0 aromatic carbocycles. The first kappa shape index (κ1) is 18.2. The molecule has 0 aliphatic carbocycles. The maximum atomic E-state index is 11.8. The molecule has 2 amide bonds. The van der Waals surface area contributed by atoms with Gasteiger partial charge in [0, 0.05) is 6.04 Å². The van der Waals surface area contributed by atoms with E-state index in [1.165, 1.54) is 7.11 Å². The third kappa shape index (κ3) is 7.60. The minimum Gasteiger partial charge on any atom is -0.481 e. The molecule has 7 nitrogen and oxygen atoms in total. The summed E-state index contributed by atoms with van der Waals surface area (Å²) >= 11 is 0. The van der Waals surface area contributed by atoms with Crippen LogP contribution in [-0.4, -0.2) is 42.3 Å². The second kappa shape index (κ2) is 9.17. The van der Waals surface area contributed by atoms with Gasteiger partial charge in [0.1, 0.15) is 6.04 Å². The van der Waals surface area contributed by atoms with Crippen LogP contribution >= 0.6 is 0 Å². The standard InChI is InChI=1S/C13H24N2O5/c1-5-9(7-11(16)17)14-13(19)15-10(6-8(2)3)12(18)20-4/h8-10H,5-7H2,1-4H3,(H,16,17)(H2,14,15,19). The lowest BCUT2D eigenvalue weighted by molar-refractivity contribution is -0.143. The van der Waals surface area contributed by atoms with Crippen LogP contribution in [0.2, 0.25) is 0 Å². The number of hydrogen-bond donors (Lipinski definition) is 3. The third-order valence-electron chi connectivity index (χ3n) is 2.75. The first-order chi connectivity index (χ1) is 9.29. The Hall–Kier alpha value is -1.79. The number of amides is 2. The number of carbonyl (C=O) groups is 3. The number of carboxylic acid groups (broad SMARTS) is 1. The lowest BCUT2D eigenvalue weighted by atomic mass is 10.0. The van der Waals surface area contributed by atoms with Crippen molar-refractivity contribution in [2.45, 2.75) is 52.1 Å². The third-order valence-corrected chi connectivity index (χ3v) is 2.75. The number of aliphatic carboxylic acids is 1. The van der Waals surface area contributed by atoms with Crippen molar-refractivity contribution in [2.24, 2.45) is 5.92 Å². The fourth-order valence-corrected chi connectivity index (χ4v) is 1.72. The lowest BCUT2D eigenvalue weighted by Crippen LogP contribution is -2.50. The SMILES string of the molecule is CCC(CC(=O)O)NC(=O)NC(CC(C)C)C(=O)OC. The number of methoxy groups -OCH3 is 1. The largest absolute Gasteiger partial charge is 0.481 e. The molecule has 0 aliphatic rings. The molecule has 0 aliphatic heterocycles. The topological polar surface area (TPSA) is 105 Å². The Morgan fingerprint density at radius 1 is 1.20 bits per heavy atom. The van der Waals surface area contributed by atoms with Gasteiger partial charge in [0.2, 0.25) is 0 Å². The summed E-state index contributed by atoms with van der Waals surface area (Å²) in [6.07, 6.45) is 0.791. The molecule has 2 atom stereocenters. The smallest absolute Gasteiger partial charge is 0.328 e. The molecule has 0 saturated carbocycles. The van der Waals surface area contributed by atoms with E-state index in [0.717, 1.165) is 0 Å². The summed E-state index contributed by atoms with van der Waals surface area (Å²) < 4.78 is 4.63. The summed E-state index contributed by atoms with van der Waals surface area (Å²) in [5.41, 5.74) is 0. The zero-order valence-corrected chi connectivity index (χ0v) is 12.4. The van der Waals surface area contributed by atoms with Gasteiger partial charge >= 0.3 is 18.0 Å². The van der Waals surface area contributed by atoms with Crippen molar-refractivity contribution < 1.29 is 24.2 Å². The monoisotopic (exact) mass is 288 g/mol. The number of carboxylic acids is 1. The van der Waals surface area contributed by atoms with Gasteiger partial charge < -0.3 is 20.5 Å². The molecule has 0 spiro atoms. The first-order valence-corrected chi connectivity index (χ1v) is 6.66. The van der Waals surface area contributed by atoms with Crippen LogP contribution in [0.3, 0.4) is 0 Å². The highest BCUT2D eigenvalue weighted by atomic mass is 16.5. The fourth-order valence-electron chi connectivity index (χ4n) is 1.72. The lowest BCUT2D eigenvalue weighted by Gasteiger charge is -2.21. The van der Waals surface area contributed by atoms with Crippen LogP contribution in [-0.2, 0) is 14.3 Å². The van der Waals surface area contributed by atoms with Gasteiger partial charge in [-0.1, -0.05) is 20.8 Å². The minimum absolute atomic E-state index is 0.156. The Kier molecular flexibility index (Phi) is 8.35. The quantitative estimate of drug-likeness (QED) is 0.581. The minimum atomic E-state index is -0.983. The van der Waals surface area contributed by atoms with E-state index < -0.39 is 30.1 Å². The second-order valence-corrected chi connectivity index (χ2v) is 5.03. The van der Waals surface area contributed by atoms with Crippen molar-refractivity contribution in [3.63, 3.8) is 0 Å². The molecule has 20 heavy (non-hydrogen) atoms. The molecule has 3 N–H and O–H groups in total.